The minimum Gasteiger partial charge on any atom is -0.326 e. The zero-order valence-electron chi connectivity index (χ0n) is 12.3. The first-order valence-corrected chi connectivity index (χ1v) is 7.91. The topological polar surface area (TPSA) is 43.8 Å². The van der Waals surface area contributed by atoms with Gasteiger partial charge in [-0.05, 0) is 56.2 Å². The van der Waals surface area contributed by atoms with Crippen LogP contribution < -0.4 is 5.73 Å². The molecule has 2 N–H and O–H groups in total. The number of aromatic nitrogens is 2. The lowest BCUT2D eigenvalue weighted by Gasteiger charge is -2.14. The van der Waals surface area contributed by atoms with Gasteiger partial charge >= 0.3 is 0 Å². The summed E-state index contributed by atoms with van der Waals surface area (Å²) in [7, 11) is 0. The molecule has 1 aromatic carbocycles. The molecule has 0 aliphatic heterocycles. The van der Waals surface area contributed by atoms with Crippen molar-refractivity contribution in [3.05, 3.63) is 29.6 Å². The fourth-order valence-corrected chi connectivity index (χ4v) is 4.27. The molecule has 2 aliphatic rings. The highest BCUT2D eigenvalue weighted by Crippen LogP contribution is 2.63. The lowest BCUT2D eigenvalue weighted by atomic mass is 10.1. The van der Waals surface area contributed by atoms with Crippen LogP contribution in [0.3, 0.4) is 0 Å². The maximum atomic E-state index is 5.76. The van der Waals surface area contributed by atoms with Crippen LogP contribution in [0, 0.1) is 11.8 Å². The second-order valence-corrected chi connectivity index (χ2v) is 6.75. The first-order valence-electron chi connectivity index (χ1n) is 7.91. The standard InChI is InChI=1S/C17H23N3/c1-10(2)20-15-7-6-11(9-18)8-14(15)19-17(20)16-12-4-3-5-13(12)16/h6-8,10,12-13,16H,3-5,9,18H2,1-2H3. The van der Waals surface area contributed by atoms with Gasteiger partial charge in [0.15, 0.2) is 0 Å². The van der Waals surface area contributed by atoms with Gasteiger partial charge in [0.2, 0.25) is 0 Å². The van der Waals surface area contributed by atoms with Crippen LogP contribution in [0.2, 0.25) is 0 Å². The average molecular weight is 269 g/mol. The number of rotatable bonds is 3. The first kappa shape index (κ1) is 12.4. The second-order valence-electron chi connectivity index (χ2n) is 6.75. The zero-order chi connectivity index (χ0) is 13.9. The molecule has 1 heterocycles. The minimum atomic E-state index is 0.472. The van der Waals surface area contributed by atoms with Crippen molar-refractivity contribution >= 4 is 11.0 Å². The highest BCUT2D eigenvalue weighted by Gasteiger charge is 2.55. The largest absolute Gasteiger partial charge is 0.326 e. The van der Waals surface area contributed by atoms with Gasteiger partial charge < -0.3 is 10.3 Å². The quantitative estimate of drug-likeness (QED) is 0.925. The van der Waals surface area contributed by atoms with Crippen molar-refractivity contribution in [2.75, 3.05) is 0 Å². The molecular weight excluding hydrogens is 246 g/mol. The maximum absolute atomic E-state index is 5.76. The van der Waals surface area contributed by atoms with E-state index in [1.54, 1.807) is 0 Å². The van der Waals surface area contributed by atoms with E-state index in [2.05, 4.69) is 36.6 Å². The Morgan fingerprint density at radius 2 is 2.05 bits per heavy atom. The summed E-state index contributed by atoms with van der Waals surface area (Å²) in [5.41, 5.74) is 9.33. The molecule has 4 rings (SSSR count). The van der Waals surface area contributed by atoms with Crippen LogP contribution in [-0.2, 0) is 6.54 Å². The molecule has 2 aliphatic carbocycles. The SMILES string of the molecule is CC(C)n1c(C2C3CCCC32)nc2cc(CN)ccc21. The molecule has 3 heteroatoms. The molecule has 0 saturated heterocycles. The molecule has 0 radical (unpaired) electrons. The van der Waals surface area contributed by atoms with Crippen LogP contribution >= 0.6 is 0 Å². The van der Waals surface area contributed by atoms with E-state index >= 15 is 0 Å². The van der Waals surface area contributed by atoms with Gasteiger partial charge in [-0.3, -0.25) is 0 Å². The number of imidazole rings is 1. The molecule has 1 aromatic heterocycles. The van der Waals surface area contributed by atoms with E-state index in [0.29, 0.717) is 12.6 Å². The number of benzene rings is 1. The highest BCUT2D eigenvalue weighted by atomic mass is 15.1. The van der Waals surface area contributed by atoms with E-state index in [1.165, 1.54) is 36.2 Å². The summed E-state index contributed by atoms with van der Waals surface area (Å²) in [6.07, 6.45) is 4.24. The van der Waals surface area contributed by atoms with E-state index in [4.69, 9.17) is 10.7 Å². The highest BCUT2D eigenvalue weighted by molar-refractivity contribution is 5.77. The predicted octanol–water partition coefficient (Wildman–Crippen LogP) is 3.59. The van der Waals surface area contributed by atoms with Crippen LogP contribution in [-0.4, -0.2) is 9.55 Å². The number of hydrogen-bond acceptors (Lipinski definition) is 2. The molecule has 2 saturated carbocycles. The minimum absolute atomic E-state index is 0.472. The van der Waals surface area contributed by atoms with E-state index in [0.717, 1.165) is 23.3 Å². The van der Waals surface area contributed by atoms with Crippen LogP contribution in [0.15, 0.2) is 18.2 Å². The van der Waals surface area contributed by atoms with Crippen molar-refractivity contribution in [3.63, 3.8) is 0 Å². The van der Waals surface area contributed by atoms with Crippen molar-refractivity contribution in [1.82, 2.24) is 9.55 Å². The Balaban J connectivity index is 1.84. The summed E-state index contributed by atoms with van der Waals surface area (Å²) >= 11 is 0. The monoisotopic (exact) mass is 269 g/mol. The Morgan fingerprint density at radius 3 is 2.70 bits per heavy atom. The molecule has 20 heavy (non-hydrogen) atoms. The summed E-state index contributed by atoms with van der Waals surface area (Å²) in [5.74, 6) is 3.88. The molecule has 106 valence electrons. The molecule has 2 fully saturated rings. The Bertz CT molecular complexity index is 646. The van der Waals surface area contributed by atoms with Crippen molar-refractivity contribution in [2.24, 2.45) is 17.6 Å². The van der Waals surface area contributed by atoms with E-state index in [9.17, 15) is 0 Å². The summed E-state index contributed by atoms with van der Waals surface area (Å²) in [6.45, 7) is 5.12. The Kier molecular flexibility index (Phi) is 2.68. The fraction of sp³-hybridized carbons (Fsp3) is 0.588. The molecule has 0 bridgehead atoms. The van der Waals surface area contributed by atoms with Crippen LogP contribution in [0.4, 0.5) is 0 Å². The number of nitrogens with two attached hydrogens (primary N) is 1. The van der Waals surface area contributed by atoms with Gasteiger partial charge in [-0.25, -0.2) is 4.98 Å². The van der Waals surface area contributed by atoms with Crippen molar-refractivity contribution in [1.29, 1.82) is 0 Å². The lowest BCUT2D eigenvalue weighted by Crippen LogP contribution is -2.07. The predicted molar refractivity (Wildman–Crippen MR) is 81.6 cm³/mol. The number of fused-ring (bicyclic) bond motifs is 2. The normalized spacial score (nSPS) is 28.3. The summed E-state index contributed by atoms with van der Waals surface area (Å²) < 4.78 is 2.46. The molecular formula is C17H23N3. The van der Waals surface area contributed by atoms with Crippen LogP contribution in [0.25, 0.3) is 11.0 Å². The smallest absolute Gasteiger partial charge is 0.113 e. The number of nitrogens with zero attached hydrogens (tertiary/aromatic N) is 2. The molecule has 0 spiro atoms. The van der Waals surface area contributed by atoms with Crippen molar-refractivity contribution in [2.45, 2.75) is 51.6 Å². The Labute approximate surface area is 120 Å². The number of hydrogen-bond donors (Lipinski definition) is 1. The lowest BCUT2D eigenvalue weighted by molar-refractivity contribution is 0.556. The van der Waals surface area contributed by atoms with Crippen molar-refractivity contribution in [3.8, 4) is 0 Å². The van der Waals surface area contributed by atoms with E-state index < -0.39 is 0 Å². The van der Waals surface area contributed by atoms with Gasteiger partial charge in [0.1, 0.15) is 5.82 Å². The molecule has 2 unspecified atom stereocenters. The van der Waals surface area contributed by atoms with Crippen molar-refractivity contribution < 1.29 is 0 Å². The van der Waals surface area contributed by atoms with Gasteiger partial charge in [0, 0.05) is 18.5 Å². The van der Waals surface area contributed by atoms with Gasteiger partial charge in [0.25, 0.3) is 0 Å². The second kappa shape index (κ2) is 4.32. The third kappa shape index (κ3) is 1.65. The third-order valence-corrected chi connectivity index (χ3v) is 5.24. The average Bonchev–Trinajstić information content (AvgIpc) is 2.82. The maximum Gasteiger partial charge on any atom is 0.113 e. The molecule has 0 amide bonds. The van der Waals surface area contributed by atoms with E-state index in [-0.39, 0.29) is 0 Å². The van der Waals surface area contributed by atoms with E-state index in [1.807, 2.05) is 0 Å². The summed E-state index contributed by atoms with van der Waals surface area (Å²) in [4.78, 5) is 4.99. The van der Waals surface area contributed by atoms with Gasteiger partial charge in [0.05, 0.1) is 11.0 Å². The molecule has 2 aromatic rings. The Hall–Kier alpha value is -1.35. The fourth-order valence-electron chi connectivity index (χ4n) is 4.27. The Morgan fingerprint density at radius 1 is 1.30 bits per heavy atom. The van der Waals surface area contributed by atoms with Gasteiger partial charge in [-0.2, -0.15) is 0 Å². The summed E-state index contributed by atoms with van der Waals surface area (Å²) in [5, 5.41) is 0. The molecule has 3 nitrogen and oxygen atoms in total. The van der Waals surface area contributed by atoms with Gasteiger partial charge in [-0.15, -0.1) is 0 Å². The molecule has 2 atom stereocenters. The van der Waals surface area contributed by atoms with Crippen LogP contribution in [0.5, 0.6) is 0 Å². The van der Waals surface area contributed by atoms with Crippen LogP contribution in [0.1, 0.15) is 56.5 Å². The first-order chi connectivity index (χ1) is 9.70. The van der Waals surface area contributed by atoms with Gasteiger partial charge in [-0.1, -0.05) is 12.5 Å². The zero-order valence-corrected chi connectivity index (χ0v) is 12.3. The summed E-state index contributed by atoms with van der Waals surface area (Å²) in [6, 6.07) is 6.97. The third-order valence-electron chi connectivity index (χ3n) is 5.24.